The van der Waals surface area contributed by atoms with Crippen molar-refractivity contribution in [1.82, 2.24) is 5.32 Å². The fourth-order valence-corrected chi connectivity index (χ4v) is 2.57. The molecule has 0 radical (unpaired) electrons. The molecule has 15 heavy (non-hydrogen) atoms. The lowest BCUT2D eigenvalue weighted by atomic mass is 9.92. The Balaban J connectivity index is 1.72. The monoisotopic (exact) mass is 211 g/mol. The molecule has 1 saturated heterocycles. The van der Waals surface area contributed by atoms with Gasteiger partial charge in [0.25, 0.3) is 0 Å². The lowest BCUT2D eigenvalue weighted by molar-refractivity contribution is 0.142. The molecule has 0 aromatic carbocycles. The fourth-order valence-electron chi connectivity index (χ4n) is 2.57. The zero-order chi connectivity index (χ0) is 10.7. The van der Waals surface area contributed by atoms with Crippen LogP contribution in [0.25, 0.3) is 0 Å². The molecular formula is C13H25NO. The van der Waals surface area contributed by atoms with Gasteiger partial charge in [0.05, 0.1) is 0 Å². The first-order valence-electron chi connectivity index (χ1n) is 6.54. The Kier molecular flexibility index (Phi) is 3.68. The van der Waals surface area contributed by atoms with E-state index in [9.17, 15) is 0 Å². The fraction of sp³-hybridized carbons (Fsp3) is 1.00. The van der Waals surface area contributed by atoms with Gasteiger partial charge in [-0.2, -0.15) is 0 Å². The molecule has 0 aromatic rings. The summed E-state index contributed by atoms with van der Waals surface area (Å²) in [5.41, 5.74) is 0.646. The molecule has 0 aromatic heterocycles. The third-order valence-corrected chi connectivity index (χ3v) is 4.31. The second-order valence-electron chi connectivity index (χ2n) is 5.64. The van der Waals surface area contributed by atoms with Crippen molar-refractivity contribution >= 4 is 0 Å². The first kappa shape index (κ1) is 11.4. The van der Waals surface area contributed by atoms with Crippen molar-refractivity contribution in [3.05, 3.63) is 0 Å². The molecule has 1 aliphatic carbocycles. The van der Waals surface area contributed by atoms with Crippen LogP contribution < -0.4 is 5.32 Å². The summed E-state index contributed by atoms with van der Waals surface area (Å²) in [6.45, 7) is 7.88. The summed E-state index contributed by atoms with van der Waals surface area (Å²) in [4.78, 5) is 0. The molecule has 0 bridgehead atoms. The van der Waals surface area contributed by atoms with Crippen LogP contribution in [0.3, 0.4) is 0 Å². The van der Waals surface area contributed by atoms with Gasteiger partial charge in [-0.25, -0.2) is 0 Å². The standard InChI is InChI=1S/C13H25NO/c1-11(2)13(6-7-13)10-14-12-4-3-8-15-9-5-12/h11-12,14H,3-10H2,1-2H3. The van der Waals surface area contributed by atoms with Gasteiger partial charge >= 0.3 is 0 Å². The first-order chi connectivity index (χ1) is 7.23. The highest BCUT2D eigenvalue weighted by molar-refractivity contribution is 4.97. The minimum absolute atomic E-state index is 0.646. The predicted octanol–water partition coefficient (Wildman–Crippen LogP) is 2.58. The smallest absolute Gasteiger partial charge is 0.0480 e. The van der Waals surface area contributed by atoms with Crippen molar-refractivity contribution in [2.24, 2.45) is 11.3 Å². The minimum atomic E-state index is 0.646. The van der Waals surface area contributed by atoms with Gasteiger partial charge in [0.2, 0.25) is 0 Å². The van der Waals surface area contributed by atoms with Crippen molar-refractivity contribution in [2.75, 3.05) is 19.8 Å². The van der Waals surface area contributed by atoms with E-state index in [-0.39, 0.29) is 0 Å². The van der Waals surface area contributed by atoms with Crippen LogP contribution in [0.1, 0.15) is 46.0 Å². The van der Waals surface area contributed by atoms with Crippen LogP contribution in [0.5, 0.6) is 0 Å². The molecule has 2 nitrogen and oxygen atoms in total. The van der Waals surface area contributed by atoms with Crippen molar-refractivity contribution < 1.29 is 4.74 Å². The number of rotatable bonds is 4. The van der Waals surface area contributed by atoms with Crippen LogP contribution in [-0.4, -0.2) is 25.8 Å². The van der Waals surface area contributed by atoms with Gasteiger partial charge in [0.1, 0.15) is 0 Å². The van der Waals surface area contributed by atoms with E-state index in [1.807, 2.05) is 0 Å². The van der Waals surface area contributed by atoms with Crippen LogP contribution in [0, 0.1) is 11.3 Å². The number of hydrogen-bond acceptors (Lipinski definition) is 2. The van der Waals surface area contributed by atoms with E-state index in [0.717, 1.165) is 19.1 Å². The van der Waals surface area contributed by atoms with E-state index >= 15 is 0 Å². The Morgan fingerprint density at radius 3 is 2.73 bits per heavy atom. The van der Waals surface area contributed by atoms with Gasteiger partial charge in [0, 0.05) is 25.8 Å². The molecule has 2 aliphatic rings. The molecule has 1 heterocycles. The maximum atomic E-state index is 5.48. The van der Waals surface area contributed by atoms with Gasteiger partial charge in [-0.3, -0.25) is 0 Å². The van der Waals surface area contributed by atoms with Crippen molar-refractivity contribution in [3.63, 3.8) is 0 Å². The van der Waals surface area contributed by atoms with Crippen LogP contribution in [0.4, 0.5) is 0 Å². The summed E-state index contributed by atoms with van der Waals surface area (Å²) in [6, 6.07) is 0.712. The van der Waals surface area contributed by atoms with Crippen molar-refractivity contribution in [1.29, 1.82) is 0 Å². The van der Waals surface area contributed by atoms with Crippen LogP contribution in [0.2, 0.25) is 0 Å². The maximum Gasteiger partial charge on any atom is 0.0480 e. The zero-order valence-electron chi connectivity index (χ0n) is 10.2. The predicted molar refractivity (Wildman–Crippen MR) is 63.0 cm³/mol. The van der Waals surface area contributed by atoms with E-state index in [4.69, 9.17) is 4.74 Å². The summed E-state index contributed by atoms with van der Waals surface area (Å²) in [7, 11) is 0. The SMILES string of the molecule is CC(C)C1(CNC2CCCOCC2)CC1. The van der Waals surface area contributed by atoms with E-state index in [1.165, 1.54) is 38.6 Å². The number of ether oxygens (including phenoxy) is 1. The topological polar surface area (TPSA) is 21.3 Å². The number of hydrogen-bond donors (Lipinski definition) is 1. The molecule has 0 spiro atoms. The summed E-state index contributed by atoms with van der Waals surface area (Å²) in [6.07, 6.45) is 6.59. The van der Waals surface area contributed by atoms with Crippen LogP contribution >= 0.6 is 0 Å². The van der Waals surface area contributed by atoms with Gasteiger partial charge in [-0.15, -0.1) is 0 Å². The largest absolute Gasteiger partial charge is 0.381 e. The average molecular weight is 211 g/mol. The summed E-state index contributed by atoms with van der Waals surface area (Å²) in [5, 5.41) is 3.77. The Morgan fingerprint density at radius 1 is 1.27 bits per heavy atom. The van der Waals surface area contributed by atoms with E-state index in [2.05, 4.69) is 19.2 Å². The molecule has 1 aliphatic heterocycles. The Hall–Kier alpha value is -0.0800. The lowest BCUT2D eigenvalue weighted by Crippen LogP contribution is -2.36. The van der Waals surface area contributed by atoms with Gasteiger partial charge < -0.3 is 10.1 Å². The third-order valence-electron chi connectivity index (χ3n) is 4.31. The lowest BCUT2D eigenvalue weighted by Gasteiger charge is -2.24. The molecule has 1 saturated carbocycles. The van der Waals surface area contributed by atoms with Crippen LogP contribution in [-0.2, 0) is 4.74 Å². The Morgan fingerprint density at radius 2 is 2.07 bits per heavy atom. The van der Waals surface area contributed by atoms with Crippen molar-refractivity contribution in [2.45, 2.75) is 52.0 Å². The van der Waals surface area contributed by atoms with Gasteiger partial charge in [-0.1, -0.05) is 13.8 Å². The normalized spacial score (nSPS) is 30.2. The molecule has 1 N–H and O–H groups in total. The Bertz CT molecular complexity index is 191. The summed E-state index contributed by atoms with van der Waals surface area (Å²) < 4.78 is 5.48. The third kappa shape index (κ3) is 2.94. The summed E-state index contributed by atoms with van der Waals surface area (Å²) in [5.74, 6) is 0.840. The molecule has 0 amide bonds. The maximum absolute atomic E-state index is 5.48. The highest BCUT2D eigenvalue weighted by atomic mass is 16.5. The summed E-state index contributed by atoms with van der Waals surface area (Å²) >= 11 is 0. The minimum Gasteiger partial charge on any atom is -0.381 e. The van der Waals surface area contributed by atoms with Crippen LogP contribution in [0.15, 0.2) is 0 Å². The first-order valence-corrected chi connectivity index (χ1v) is 6.54. The average Bonchev–Trinajstić information content (AvgIpc) is 3.01. The second kappa shape index (κ2) is 4.84. The highest BCUT2D eigenvalue weighted by Crippen LogP contribution is 2.51. The zero-order valence-corrected chi connectivity index (χ0v) is 10.2. The molecule has 2 heteroatoms. The van der Waals surface area contributed by atoms with Gasteiger partial charge in [-0.05, 0) is 43.4 Å². The van der Waals surface area contributed by atoms with Crippen molar-refractivity contribution in [3.8, 4) is 0 Å². The molecular weight excluding hydrogens is 186 g/mol. The second-order valence-corrected chi connectivity index (χ2v) is 5.64. The molecule has 88 valence electrons. The molecule has 1 unspecified atom stereocenters. The quantitative estimate of drug-likeness (QED) is 0.771. The molecule has 1 atom stereocenters. The Labute approximate surface area is 93.8 Å². The van der Waals surface area contributed by atoms with E-state index in [1.54, 1.807) is 0 Å². The highest BCUT2D eigenvalue weighted by Gasteiger charge is 2.44. The van der Waals surface area contributed by atoms with E-state index < -0.39 is 0 Å². The molecule has 2 rings (SSSR count). The van der Waals surface area contributed by atoms with E-state index in [0.29, 0.717) is 11.5 Å². The van der Waals surface area contributed by atoms with Gasteiger partial charge in [0.15, 0.2) is 0 Å². The number of nitrogens with one attached hydrogen (secondary N) is 1. The molecule has 2 fully saturated rings.